The molecule has 3 heteroatoms. The number of nitrogens with one attached hydrogen (secondary N) is 1. The highest BCUT2D eigenvalue weighted by Crippen LogP contribution is 2.38. The van der Waals surface area contributed by atoms with Crippen LogP contribution in [0.4, 0.5) is 0 Å². The molecule has 21 heavy (non-hydrogen) atoms. The molecule has 3 unspecified atom stereocenters. The van der Waals surface area contributed by atoms with E-state index in [2.05, 4.69) is 25.2 Å². The molecule has 1 N–H and O–H groups in total. The van der Waals surface area contributed by atoms with Crippen molar-refractivity contribution in [1.82, 2.24) is 5.32 Å². The average Bonchev–Trinajstić information content (AvgIpc) is 2.48. The molecule has 0 aromatic heterocycles. The molecular weight excluding hydrogens is 301 g/mol. The quantitative estimate of drug-likeness (QED) is 0.718. The van der Waals surface area contributed by atoms with E-state index in [1.165, 1.54) is 31.2 Å². The van der Waals surface area contributed by atoms with Gasteiger partial charge in [-0.3, -0.25) is 0 Å². The van der Waals surface area contributed by atoms with Crippen molar-refractivity contribution in [2.75, 3.05) is 13.1 Å². The Morgan fingerprint density at radius 1 is 1.14 bits per heavy atom. The first kappa shape index (κ1) is 17.1. The minimum atomic E-state index is 0.725. The molecule has 0 spiro atoms. The van der Waals surface area contributed by atoms with Crippen LogP contribution in [0.2, 0.25) is 10.0 Å². The molecule has 1 aliphatic rings. The molecule has 3 atom stereocenters. The van der Waals surface area contributed by atoms with Crippen LogP contribution in [-0.2, 0) is 6.42 Å². The average molecular weight is 328 g/mol. The first-order valence-corrected chi connectivity index (χ1v) is 9.04. The highest BCUT2D eigenvalue weighted by atomic mass is 35.5. The van der Waals surface area contributed by atoms with Crippen LogP contribution in [0, 0.1) is 17.8 Å². The molecule has 1 aliphatic carbocycles. The van der Waals surface area contributed by atoms with Gasteiger partial charge in [0.2, 0.25) is 0 Å². The van der Waals surface area contributed by atoms with Crippen LogP contribution in [0.5, 0.6) is 0 Å². The standard InChI is InChI=1S/C18H27Cl2N/c1-3-13-5-6-15(12-21-4-2)16(9-13)10-14-7-8-17(19)11-18(14)20/h7-8,11,13,15-16,21H,3-6,9-10,12H2,1-2H3. The summed E-state index contributed by atoms with van der Waals surface area (Å²) in [6, 6.07) is 5.94. The van der Waals surface area contributed by atoms with Gasteiger partial charge in [-0.1, -0.05) is 56.0 Å². The van der Waals surface area contributed by atoms with Crippen molar-refractivity contribution in [3.63, 3.8) is 0 Å². The lowest BCUT2D eigenvalue weighted by Gasteiger charge is -2.36. The first-order valence-electron chi connectivity index (χ1n) is 8.28. The molecule has 1 fully saturated rings. The number of hydrogen-bond donors (Lipinski definition) is 1. The number of rotatable bonds is 6. The molecule has 2 rings (SSSR count). The zero-order valence-electron chi connectivity index (χ0n) is 13.2. The number of benzene rings is 1. The third-order valence-electron chi connectivity index (χ3n) is 4.98. The van der Waals surface area contributed by atoms with Gasteiger partial charge >= 0.3 is 0 Å². The van der Waals surface area contributed by atoms with Crippen molar-refractivity contribution in [2.45, 2.75) is 46.0 Å². The van der Waals surface area contributed by atoms with Crippen molar-refractivity contribution in [2.24, 2.45) is 17.8 Å². The summed E-state index contributed by atoms with van der Waals surface area (Å²) >= 11 is 12.4. The summed E-state index contributed by atoms with van der Waals surface area (Å²) in [5.41, 5.74) is 1.25. The van der Waals surface area contributed by atoms with Gasteiger partial charge in [0, 0.05) is 10.0 Å². The fourth-order valence-corrected chi connectivity index (χ4v) is 4.10. The largest absolute Gasteiger partial charge is 0.317 e. The van der Waals surface area contributed by atoms with E-state index in [0.29, 0.717) is 0 Å². The van der Waals surface area contributed by atoms with Crippen molar-refractivity contribution in [3.8, 4) is 0 Å². The van der Waals surface area contributed by atoms with E-state index in [4.69, 9.17) is 23.2 Å². The van der Waals surface area contributed by atoms with E-state index in [1.54, 1.807) is 0 Å². The van der Waals surface area contributed by atoms with Crippen LogP contribution in [0.15, 0.2) is 18.2 Å². The van der Waals surface area contributed by atoms with Crippen LogP contribution < -0.4 is 5.32 Å². The van der Waals surface area contributed by atoms with Gasteiger partial charge in [0.1, 0.15) is 0 Å². The van der Waals surface area contributed by atoms with Crippen LogP contribution in [0.1, 0.15) is 45.1 Å². The van der Waals surface area contributed by atoms with E-state index >= 15 is 0 Å². The van der Waals surface area contributed by atoms with Gasteiger partial charge in [-0.15, -0.1) is 0 Å². The number of hydrogen-bond acceptors (Lipinski definition) is 1. The second kappa shape index (κ2) is 8.41. The van der Waals surface area contributed by atoms with Crippen LogP contribution >= 0.6 is 23.2 Å². The van der Waals surface area contributed by atoms with E-state index in [1.807, 2.05) is 12.1 Å². The summed E-state index contributed by atoms with van der Waals surface area (Å²) in [4.78, 5) is 0. The van der Waals surface area contributed by atoms with Gasteiger partial charge in [-0.05, 0) is 67.8 Å². The monoisotopic (exact) mass is 327 g/mol. The Morgan fingerprint density at radius 3 is 2.62 bits per heavy atom. The molecule has 1 nitrogen and oxygen atoms in total. The molecule has 0 aliphatic heterocycles. The Kier molecular flexibility index (Phi) is 6.85. The predicted octanol–water partition coefficient (Wildman–Crippen LogP) is 5.59. The lowest BCUT2D eigenvalue weighted by Crippen LogP contribution is -2.34. The van der Waals surface area contributed by atoms with Gasteiger partial charge in [-0.2, -0.15) is 0 Å². The lowest BCUT2D eigenvalue weighted by molar-refractivity contribution is 0.172. The summed E-state index contributed by atoms with van der Waals surface area (Å²) < 4.78 is 0. The van der Waals surface area contributed by atoms with E-state index < -0.39 is 0 Å². The Hall–Kier alpha value is -0.240. The molecule has 118 valence electrons. The molecule has 0 bridgehead atoms. The SMILES string of the molecule is CCNCC1CCC(CC)CC1Cc1ccc(Cl)cc1Cl. The Balaban J connectivity index is 2.07. The minimum Gasteiger partial charge on any atom is -0.317 e. The summed E-state index contributed by atoms with van der Waals surface area (Å²) in [6.45, 7) is 6.70. The highest BCUT2D eigenvalue weighted by molar-refractivity contribution is 6.35. The van der Waals surface area contributed by atoms with E-state index in [9.17, 15) is 0 Å². The van der Waals surface area contributed by atoms with Gasteiger partial charge in [-0.25, -0.2) is 0 Å². The maximum Gasteiger partial charge on any atom is 0.0452 e. The fraction of sp³-hybridized carbons (Fsp3) is 0.667. The summed E-state index contributed by atoms with van der Waals surface area (Å²) in [5, 5.41) is 5.08. The molecule has 1 aromatic rings. The normalized spacial score (nSPS) is 26.0. The third kappa shape index (κ3) is 4.87. The van der Waals surface area contributed by atoms with Crippen molar-refractivity contribution < 1.29 is 0 Å². The summed E-state index contributed by atoms with van der Waals surface area (Å²) in [5.74, 6) is 2.40. The van der Waals surface area contributed by atoms with Crippen LogP contribution in [-0.4, -0.2) is 13.1 Å². The Bertz CT molecular complexity index is 447. The lowest BCUT2D eigenvalue weighted by atomic mass is 9.71. The van der Waals surface area contributed by atoms with Crippen molar-refractivity contribution in [1.29, 1.82) is 0 Å². The molecule has 0 radical (unpaired) electrons. The Labute approximate surface area is 139 Å². The molecule has 1 saturated carbocycles. The molecular formula is C18H27Cl2N. The first-order chi connectivity index (χ1) is 10.1. The second-order valence-electron chi connectivity index (χ2n) is 6.36. The van der Waals surface area contributed by atoms with E-state index in [0.717, 1.165) is 47.3 Å². The van der Waals surface area contributed by atoms with Gasteiger partial charge in [0.05, 0.1) is 0 Å². The van der Waals surface area contributed by atoms with Crippen LogP contribution in [0.3, 0.4) is 0 Å². The summed E-state index contributed by atoms with van der Waals surface area (Å²) in [6.07, 6.45) is 6.46. The molecule has 0 heterocycles. The van der Waals surface area contributed by atoms with Gasteiger partial charge < -0.3 is 5.32 Å². The van der Waals surface area contributed by atoms with Crippen molar-refractivity contribution >= 4 is 23.2 Å². The highest BCUT2D eigenvalue weighted by Gasteiger charge is 2.29. The third-order valence-corrected chi connectivity index (χ3v) is 5.57. The smallest absolute Gasteiger partial charge is 0.0452 e. The summed E-state index contributed by atoms with van der Waals surface area (Å²) in [7, 11) is 0. The number of halogens is 2. The van der Waals surface area contributed by atoms with E-state index in [-0.39, 0.29) is 0 Å². The topological polar surface area (TPSA) is 12.0 Å². The minimum absolute atomic E-state index is 0.725. The zero-order valence-corrected chi connectivity index (χ0v) is 14.7. The maximum atomic E-state index is 6.37. The Morgan fingerprint density at radius 2 is 1.95 bits per heavy atom. The maximum absolute atomic E-state index is 6.37. The molecule has 1 aromatic carbocycles. The molecule has 0 saturated heterocycles. The molecule has 0 amide bonds. The van der Waals surface area contributed by atoms with Crippen molar-refractivity contribution in [3.05, 3.63) is 33.8 Å². The zero-order chi connectivity index (χ0) is 15.2. The van der Waals surface area contributed by atoms with Crippen LogP contribution in [0.25, 0.3) is 0 Å². The van der Waals surface area contributed by atoms with Gasteiger partial charge in [0.15, 0.2) is 0 Å². The fourth-order valence-electron chi connectivity index (χ4n) is 3.61. The predicted molar refractivity (Wildman–Crippen MR) is 93.3 cm³/mol. The second-order valence-corrected chi connectivity index (χ2v) is 7.20. The van der Waals surface area contributed by atoms with Gasteiger partial charge in [0.25, 0.3) is 0 Å².